The van der Waals surface area contributed by atoms with Crippen LogP contribution in [0.2, 0.25) is 0 Å². The topological polar surface area (TPSA) is 45.2 Å². The lowest BCUT2D eigenvalue weighted by Crippen LogP contribution is -2.34. The van der Waals surface area contributed by atoms with Gasteiger partial charge in [0.1, 0.15) is 10.8 Å². The Labute approximate surface area is 174 Å². The van der Waals surface area contributed by atoms with Gasteiger partial charge in [0.25, 0.3) is 0 Å². The number of rotatable bonds is 3. The Balaban J connectivity index is 1.47. The van der Waals surface area contributed by atoms with Gasteiger partial charge in [0, 0.05) is 23.2 Å². The highest BCUT2D eigenvalue weighted by Gasteiger charge is 2.33. The molecule has 0 radical (unpaired) electrons. The molecule has 9 heteroatoms. The second-order valence-corrected chi connectivity index (χ2v) is 7.82. The van der Waals surface area contributed by atoms with Crippen LogP contribution in [0.3, 0.4) is 0 Å². The van der Waals surface area contributed by atoms with Crippen LogP contribution in [-0.4, -0.2) is 22.5 Å². The molecule has 2 heterocycles. The number of nitrogens with one attached hydrogen (secondary N) is 1. The quantitative estimate of drug-likeness (QED) is 0.488. The van der Waals surface area contributed by atoms with E-state index in [1.165, 1.54) is 35.6 Å². The van der Waals surface area contributed by atoms with E-state index in [9.17, 15) is 22.4 Å². The summed E-state index contributed by atoms with van der Waals surface area (Å²) in [6.07, 6.45) is -2.87. The van der Waals surface area contributed by atoms with E-state index in [2.05, 4.69) is 10.3 Å². The van der Waals surface area contributed by atoms with Crippen molar-refractivity contribution in [2.75, 3.05) is 11.9 Å². The molecule has 1 saturated heterocycles. The first kappa shape index (κ1) is 20.3. The molecule has 0 saturated carbocycles. The van der Waals surface area contributed by atoms with Crippen molar-refractivity contribution in [1.29, 1.82) is 0 Å². The van der Waals surface area contributed by atoms with Crippen molar-refractivity contribution in [3.63, 3.8) is 0 Å². The summed E-state index contributed by atoms with van der Waals surface area (Å²) in [6, 6.07) is 9.80. The number of anilines is 1. The molecule has 1 aromatic heterocycles. The maximum atomic E-state index is 13.1. The van der Waals surface area contributed by atoms with Crippen molar-refractivity contribution < 1.29 is 22.4 Å². The maximum absolute atomic E-state index is 13.1. The fourth-order valence-electron chi connectivity index (χ4n) is 3.40. The number of hydrogen-bond donors (Lipinski definition) is 1. The predicted octanol–water partition coefficient (Wildman–Crippen LogP) is 6.34. The first-order chi connectivity index (χ1) is 14.3. The van der Waals surface area contributed by atoms with E-state index < -0.39 is 11.7 Å². The minimum Gasteiger partial charge on any atom is -0.315 e. The molecule has 1 fully saturated rings. The van der Waals surface area contributed by atoms with Gasteiger partial charge in [-0.1, -0.05) is 0 Å². The summed E-state index contributed by atoms with van der Waals surface area (Å²) in [5.74, 6) is -0.323. The summed E-state index contributed by atoms with van der Waals surface area (Å²) in [4.78, 5) is 19.0. The van der Waals surface area contributed by atoms with Crippen molar-refractivity contribution in [3.8, 4) is 11.3 Å². The molecule has 1 atom stereocenters. The lowest BCUT2D eigenvalue weighted by Gasteiger charge is -2.23. The van der Waals surface area contributed by atoms with Crippen molar-refractivity contribution in [2.24, 2.45) is 0 Å². The number of carbonyl (C=O) groups is 1. The van der Waals surface area contributed by atoms with E-state index in [0.717, 1.165) is 35.5 Å². The fraction of sp³-hybridized carbons (Fsp3) is 0.238. The number of likely N-dealkylation sites (tertiary alicyclic amines) is 1. The monoisotopic (exact) mass is 435 g/mol. The number of amides is 2. The van der Waals surface area contributed by atoms with Gasteiger partial charge >= 0.3 is 12.2 Å². The van der Waals surface area contributed by atoms with Gasteiger partial charge < -0.3 is 10.2 Å². The molecule has 4 rings (SSSR count). The first-order valence-electron chi connectivity index (χ1n) is 9.27. The van der Waals surface area contributed by atoms with Gasteiger partial charge in [-0.25, -0.2) is 14.2 Å². The average molecular weight is 435 g/mol. The number of nitrogens with zero attached hydrogens (tertiary/aromatic N) is 2. The highest BCUT2D eigenvalue weighted by molar-refractivity contribution is 7.10. The molecule has 1 aliphatic heterocycles. The number of hydrogen-bond acceptors (Lipinski definition) is 3. The third-order valence-corrected chi connectivity index (χ3v) is 5.87. The largest absolute Gasteiger partial charge is 0.416 e. The molecule has 156 valence electrons. The van der Waals surface area contributed by atoms with Crippen molar-refractivity contribution in [1.82, 2.24) is 9.88 Å². The van der Waals surface area contributed by atoms with Crippen LogP contribution in [0.5, 0.6) is 0 Å². The van der Waals surface area contributed by atoms with Gasteiger partial charge in [0.05, 0.1) is 17.3 Å². The van der Waals surface area contributed by atoms with Crippen LogP contribution >= 0.6 is 11.3 Å². The van der Waals surface area contributed by atoms with E-state index in [1.54, 1.807) is 17.0 Å². The maximum Gasteiger partial charge on any atom is 0.416 e. The molecule has 4 nitrogen and oxygen atoms in total. The Morgan fingerprint density at radius 1 is 1.10 bits per heavy atom. The van der Waals surface area contributed by atoms with Gasteiger partial charge in [-0.3, -0.25) is 0 Å². The smallest absolute Gasteiger partial charge is 0.315 e. The van der Waals surface area contributed by atoms with Crippen LogP contribution in [0.4, 0.5) is 28.0 Å². The summed E-state index contributed by atoms with van der Waals surface area (Å²) in [5.41, 5.74) is 1.03. The van der Waals surface area contributed by atoms with Crippen LogP contribution in [-0.2, 0) is 6.18 Å². The van der Waals surface area contributed by atoms with E-state index in [1.807, 2.05) is 5.38 Å². The fourth-order valence-corrected chi connectivity index (χ4v) is 4.37. The second-order valence-electron chi connectivity index (χ2n) is 6.93. The van der Waals surface area contributed by atoms with Crippen molar-refractivity contribution in [2.45, 2.75) is 25.1 Å². The Bertz CT molecular complexity index is 1030. The molecule has 0 bridgehead atoms. The van der Waals surface area contributed by atoms with Crippen LogP contribution in [0, 0.1) is 5.82 Å². The van der Waals surface area contributed by atoms with Gasteiger partial charge in [-0.05, 0) is 61.4 Å². The Morgan fingerprint density at radius 2 is 1.80 bits per heavy atom. The lowest BCUT2D eigenvalue weighted by molar-refractivity contribution is -0.137. The summed E-state index contributed by atoms with van der Waals surface area (Å²) in [5, 5.41) is 5.30. The van der Waals surface area contributed by atoms with Crippen LogP contribution in [0.15, 0.2) is 53.9 Å². The SMILES string of the molecule is O=C(Nc1ccc(C(F)(F)F)cc1)N1CCC[C@H]1c1nc(-c2ccc(F)cc2)cs1. The third-order valence-electron chi connectivity index (χ3n) is 4.92. The molecule has 1 aliphatic rings. The lowest BCUT2D eigenvalue weighted by atomic mass is 10.2. The highest BCUT2D eigenvalue weighted by atomic mass is 32.1. The Hall–Kier alpha value is -2.94. The molecule has 1 N–H and O–H groups in total. The van der Waals surface area contributed by atoms with Crippen LogP contribution < -0.4 is 5.32 Å². The number of alkyl halides is 3. The average Bonchev–Trinajstić information content (AvgIpc) is 3.38. The Morgan fingerprint density at radius 3 is 2.47 bits per heavy atom. The van der Waals surface area contributed by atoms with E-state index in [-0.39, 0.29) is 17.9 Å². The van der Waals surface area contributed by atoms with E-state index in [4.69, 9.17) is 0 Å². The molecule has 30 heavy (non-hydrogen) atoms. The molecule has 2 aromatic carbocycles. The molecular formula is C21H17F4N3OS. The minimum atomic E-state index is -4.42. The number of carbonyl (C=O) groups excluding carboxylic acids is 1. The van der Waals surface area contributed by atoms with Gasteiger partial charge in [-0.15, -0.1) is 11.3 Å². The second kappa shape index (κ2) is 8.06. The zero-order valence-electron chi connectivity index (χ0n) is 15.6. The molecule has 3 aromatic rings. The number of benzene rings is 2. The number of halogens is 4. The third kappa shape index (κ3) is 4.30. The standard InChI is InChI=1S/C21H17F4N3OS/c22-15-7-3-13(4-8-15)17-12-30-19(27-17)18-2-1-11-28(18)20(29)26-16-9-5-14(6-10-16)21(23,24)25/h3-10,12,18H,1-2,11H2,(H,26,29)/t18-/m0/s1. The summed E-state index contributed by atoms with van der Waals surface area (Å²) in [6.45, 7) is 0.530. The summed E-state index contributed by atoms with van der Waals surface area (Å²) < 4.78 is 51.2. The molecule has 0 unspecified atom stereocenters. The molecule has 2 amide bonds. The summed E-state index contributed by atoms with van der Waals surface area (Å²) in [7, 11) is 0. The van der Waals surface area contributed by atoms with Gasteiger partial charge in [0.15, 0.2) is 0 Å². The summed E-state index contributed by atoms with van der Waals surface area (Å²) >= 11 is 1.43. The molecule has 0 spiro atoms. The zero-order valence-corrected chi connectivity index (χ0v) is 16.4. The van der Waals surface area contributed by atoms with E-state index >= 15 is 0 Å². The first-order valence-corrected chi connectivity index (χ1v) is 10.2. The van der Waals surface area contributed by atoms with Crippen LogP contribution in [0.25, 0.3) is 11.3 Å². The highest BCUT2D eigenvalue weighted by Crippen LogP contribution is 2.36. The zero-order chi connectivity index (χ0) is 21.3. The molecule has 0 aliphatic carbocycles. The normalized spacial score (nSPS) is 16.7. The minimum absolute atomic E-state index is 0.210. The van der Waals surface area contributed by atoms with E-state index in [0.29, 0.717) is 17.9 Å². The number of urea groups is 1. The van der Waals surface area contributed by atoms with Crippen molar-refractivity contribution >= 4 is 23.1 Å². The van der Waals surface area contributed by atoms with Gasteiger partial charge in [-0.2, -0.15) is 13.2 Å². The predicted molar refractivity (Wildman–Crippen MR) is 107 cm³/mol. The van der Waals surface area contributed by atoms with Gasteiger partial charge in [0.2, 0.25) is 0 Å². The molecular weight excluding hydrogens is 418 g/mol. The number of aromatic nitrogens is 1. The Kier molecular flexibility index (Phi) is 5.46. The van der Waals surface area contributed by atoms with Crippen molar-refractivity contribution in [3.05, 3.63) is 70.3 Å². The van der Waals surface area contributed by atoms with Crippen LogP contribution in [0.1, 0.15) is 29.5 Å². The number of thiazole rings is 1.